The Balaban J connectivity index is 1.90. The van der Waals surface area contributed by atoms with E-state index in [1.807, 2.05) is 0 Å². The van der Waals surface area contributed by atoms with Gasteiger partial charge < -0.3 is 15.0 Å². The molecule has 0 spiro atoms. The van der Waals surface area contributed by atoms with Gasteiger partial charge in [0.2, 0.25) is 0 Å². The summed E-state index contributed by atoms with van der Waals surface area (Å²) in [5.74, 6) is 0. The van der Waals surface area contributed by atoms with Crippen molar-refractivity contribution in [1.29, 1.82) is 0 Å². The highest BCUT2D eigenvalue weighted by molar-refractivity contribution is 4.74. The molecule has 3 heteroatoms. The first-order valence-electron chi connectivity index (χ1n) is 6.74. The molecule has 1 rings (SSSR count). The molecule has 0 radical (unpaired) electrons. The largest absolute Gasteiger partial charge is 0.385 e. The molecule has 1 aliphatic heterocycles. The number of piperidine rings is 1. The van der Waals surface area contributed by atoms with Gasteiger partial charge >= 0.3 is 0 Å². The molecule has 1 unspecified atom stereocenters. The maximum atomic E-state index is 5.02. The minimum Gasteiger partial charge on any atom is -0.385 e. The van der Waals surface area contributed by atoms with E-state index in [0.717, 1.165) is 19.2 Å². The summed E-state index contributed by atoms with van der Waals surface area (Å²) in [6.45, 7) is 4.49. The van der Waals surface area contributed by atoms with Crippen molar-refractivity contribution < 1.29 is 4.74 Å². The zero-order valence-corrected chi connectivity index (χ0v) is 11.0. The van der Waals surface area contributed by atoms with Crippen molar-refractivity contribution >= 4 is 0 Å². The third-order valence-electron chi connectivity index (χ3n) is 3.53. The number of nitrogens with zero attached hydrogens (tertiary/aromatic N) is 1. The Morgan fingerprint density at radius 1 is 1.25 bits per heavy atom. The van der Waals surface area contributed by atoms with Crippen LogP contribution in [0.5, 0.6) is 0 Å². The average Bonchev–Trinajstić information content (AvgIpc) is 2.30. The predicted octanol–water partition coefficient (Wildman–Crippen LogP) is 1.88. The van der Waals surface area contributed by atoms with Gasteiger partial charge in [-0.05, 0) is 58.8 Å². The molecule has 1 atom stereocenters. The topological polar surface area (TPSA) is 24.5 Å². The van der Waals surface area contributed by atoms with Crippen LogP contribution in [0.4, 0.5) is 0 Å². The predicted molar refractivity (Wildman–Crippen MR) is 68.9 cm³/mol. The number of hydrogen-bond acceptors (Lipinski definition) is 3. The standard InChI is InChI=1S/C13H28N2O/c1-15-11-5-3-7-13(15)8-10-14-9-4-6-12-16-2/h13-14H,3-12H2,1-2H3. The van der Waals surface area contributed by atoms with Crippen LogP contribution in [0.25, 0.3) is 0 Å². The van der Waals surface area contributed by atoms with E-state index in [1.54, 1.807) is 7.11 Å². The Morgan fingerprint density at radius 2 is 2.12 bits per heavy atom. The maximum absolute atomic E-state index is 5.02. The van der Waals surface area contributed by atoms with E-state index in [1.165, 1.54) is 51.6 Å². The van der Waals surface area contributed by atoms with E-state index in [2.05, 4.69) is 17.3 Å². The van der Waals surface area contributed by atoms with Crippen LogP contribution in [0, 0.1) is 0 Å². The highest BCUT2D eigenvalue weighted by atomic mass is 16.5. The van der Waals surface area contributed by atoms with E-state index >= 15 is 0 Å². The molecule has 0 aromatic heterocycles. The Morgan fingerprint density at radius 3 is 2.88 bits per heavy atom. The second kappa shape index (κ2) is 8.97. The molecule has 1 aliphatic rings. The lowest BCUT2D eigenvalue weighted by molar-refractivity contribution is 0.175. The molecule has 1 fully saturated rings. The summed E-state index contributed by atoms with van der Waals surface area (Å²) in [6, 6.07) is 0.820. The average molecular weight is 228 g/mol. The number of likely N-dealkylation sites (tertiary alicyclic amines) is 1. The van der Waals surface area contributed by atoms with Gasteiger partial charge in [0, 0.05) is 19.8 Å². The summed E-state index contributed by atoms with van der Waals surface area (Å²) < 4.78 is 5.02. The fraction of sp³-hybridized carbons (Fsp3) is 1.00. The summed E-state index contributed by atoms with van der Waals surface area (Å²) in [5.41, 5.74) is 0. The zero-order valence-electron chi connectivity index (χ0n) is 11.0. The van der Waals surface area contributed by atoms with Gasteiger partial charge in [-0.2, -0.15) is 0 Å². The van der Waals surface area contributed by atoms with Crippen molar-refractivity contribution in [2.75, 3.05) is 40.4 Å². The van der Waals surface area contributed by atoms with E-state index in [-0.39, 0.29) is 0 Å². The summed E-state index contributed by atoms with van der Waals surface area (Å²) >= 11 is 0. The van der Waals surface area contributed by atoms with Gasteiger partial charge in [-0.15, -0.1) is 0 Å². The highest BCUT2D eigenvalue weighted by Gasteiger charge is 2.17. The van der Waals surface area contributed by atoms with Crippen molar-refractivity contribution in [3.8, 4) is 0 Å². The quantitative estimate of drug-likeness (QED) is 0.642. The molecule has 3 nitrogen and oxygen atoms in total. The molecule has 0 aromatic rings. The molecule has 0 amide bonds. The number of unbranched alkanes of at least 4 members (excludes halogenated alkanes) is 1. The van der Waals surface area contributed by atoms with Gasteiger partial charge in [-0.1, -0.05) is 6.42 Å². The van der Waals surface area contributed by atoms with Gasteiger partial charge in [0.05, 0.1) is 0 Å². The van der Waals surface area contributed by atoms with Crippen LogP contribution in [0.3, 0.4) is 0 Å². The molecule has 0 aromatic carbocycles. The van der Waals surface area contributed by atoms with Crippen LogP contribution in [0.2, 0.25) is 0 Å². The van der Waals surface area contributed by atoms with Crippen molar-refractivity contribution in [2.45, 2.75) is 44.6 Å². The molecule has 1 saturated heterocycles. The first-order valence-corrected chi connectivity index (χ1v) is 6.74. The second-order valence-corrected chi connectivity index (χ2v) is 4.87. The molecule has 1 heterocycles. The molecular weight excluding hydrogens is 200 g/mol. The van der Waals surface area contributed by atoms with Gasteiger partial charge in [0.25, 0.3) is 0 Å². The minimum atomic E-state index is 0.820. The summed E-state index contributed by atoms with van der Waals surface area (Å²) in [4.78, 5) is 2.52. The Kier molecular flexibility index (Phi) is 7.81. The van der Waals surface area contributed by atoms with Crippen molar-refractivity contribution in [3.63, 3.8) is 0 Å². The first kappa shape index (κ1) is 13.9. The van der Waals surface area contributed by atoms with Crippen LogP contribution < -0.4 is 5.32 Å². The fourth-order valence-corrected chi connectivity index (χ4v) is 2.40. The van der Waals surface area contributed by atoms with E-state index in [0.29, 0.717) is 0 Å². The molecule has 0 saturated carbocycles. The van der Waals surface area contributed by atoms with Crippen molar-refractivity contribution in [1.82, 2.24) is 10.2 Å². The van der Waals surface area contributed by atoms with E-state index < -0.39 is 0 Å². The van der Waals surface area contributed by atoms with Crippen molar-refractivity contribution in [3.05, 3.63) is 0 Å². The number of hydrogen-bond donors (Lipinski definition) is 1. The molecule has 0 aliphatic carbocycles. The lowest BCUT2D eigenvalue weighted by Crippen LogP contribution is -2.38. The zero-order chi connectivity index (χ0) is 11.6. The van der Waals surface area contributed by atoms with Crippen LogP contribution in [0.1, 0.15) is 38.5 Å². The van der Waals surface area contributed by atoms with Crippen LogP contribution >= 0.6 is 0 Å². The number of ether oxygens (including phenoxy) is 1. The van der Waals surface area contributed by atoms with E-state index in [9.17, 15) is 0 Å². The first-order chi connectivity index (χ1) is 7.84. The molecule has 0 bridgehead atoms. The summed E-state index contributed by atoms with van der Waals surface area (Å²) in [6.07, 6.45) is 7.91. The normalized spacial score (nSPS) is 22.5. The molecular formula is C13H28N2O. The Bertz CT molecular complexity index is 164. The molecule has 1 N–H and O–H groups in total. The SMILES string of the molecule is COCCCCNCCC1CCCCN1C. The lowest BCUT2D eigenvalue weighted by Gasteiger charge is -2.32. The minimum absolute atomic E-state index is 0.820. The fourth-order valence-electron chi connectivity index (χ4n) is 2.40. The summed E-state index contributed by atoms with van der Waals surface area (Å²) in [7, 11) is 4.04. The second-order valence-electron chi connectivity index (χ2n) is 4.87. The number of methoxy groups -OCH3 is 1. The smallest absolute Gasteiger partial charge is 0.0462 e. The molecule has 16 heavy (non-hydrogen) atoms. The summed E-state index contributed by atoms with van der Waals surface area (Å²) in [5, 5.41) is 3.53. The lowest BCUT2D eigenvalue weighted by atomic mass is 10.0. The monoisotopic (exact) mass is 228 g/mol. The van der Waals surface area contributed by atoms with Crippen LogP contribution in [0.15, 0.2) is 0 Å². The number of rotatable bonds is 8. The van der Waals surface area contributed by atoms with Gasteiger partial charge in [-0.25, -0.2) is 0 Å². The highest BCUT2D eigenvalue weighted by Crippen LogP contribution is 2.16. The Labute approximate surface area is 101 Å². The maximum Gasteiger partial charge on any atom is 0.0462 e. The van der Waals surface area contributed by atoms with E-state index in [4.69, 9.17) is 4.74 Å². The Hall–Kier alpha value is -0.120. The van der Waals surface area contributed by atoms with Crippen LogP contribution in [-0.2, 0) is 4.74 Å². The number of nitrogens with one attached hydrogen (secondary N) is 1. The van der Waals surface area contributed by atoms with Gasteiger partial charge in [-0.3, -0.25) is 0 Å². The third-order valence-corrected chi connectivity index (χ3v) is 3.53. The van der Waals surface area contributed by atoms with Crippen molar-refractivity contribution in [2.24, 2.45) is 0 Å². The van der Waals surface area contributed by atoms with Gasteiger partial charge in [0.1, 0.15) is 0 Å². The van der Waals surface area contributed by atoms with Gasteiger partial charge in [0.15, 0.2) is 0 Å². The van der Waals surface area contributed by atoms with Crippen LogP contribution in [-0.4, -0.2) is 51.3 Å². The third kappa shape index (κ3) is 5.83. The molecule has 96 valence electrons.